The summed E-state index contributed by atoms with van der Waals surface area (Å²) in [6.07, 6.45) is 5.02. The van der Waals surface area contributed by atoms with Crippen molar-refractivity contribution in [2.75, 3.05) is 19.6 Å². The molecule has 2 saturated heterocycles. The number of ether oxygens (including phenoxy) is 2. The Bertz CT molecular complexity index is 1800. The van der Waals surface area contributed by atoms with Gasteiger partial charge >= 0.3 is 0 Å². The number of aliphatic hydroxyl groups excluding tert-OH is 1. The van der Waals surface area contributed by atoms with Crippen molar-refractivity contribution < 1.29 is 41.3 Å². The van der Waals surface area contributed by atoms with Crippen LogP contribution in [0.3, 0.4) is 0 Å². The molecule has 51 heavy (non-hydrogen) atoms. The van der Waals surface area contributed by atoms with Gasteiger partial charge in [0.15, 0.2) is 29.6 Å². The zero-order chi connectivity index (χ0) is 36.1. The molecular formula is C40H41F5N2O4. The predicted molar refractivity (Wildman–Crippen MR) is 182 cm³/mol. The molecular weight excluding hydrogens is 667 g/mol. The van der Waals surface area contributed by atoms with E-state index < -0.39 is 46.8 Å². The van der Waals surface area contributed by atoms with Crippen molar-refractivity contribution in [2.24, 2.45) is 5.92 Å². The summed E-state index contributed by atoms with van der Waals surface area (Å²) < 4.78 is 82.6. The summed E-state index contributed by atoms with van der Waals surface area (Å²) in [7, 11) is 0. The fraction of sp³-hybridized carbons (Fsp3) is 0.375. The molecule has 2 aliphatic heterocycles. The number of carbonyl (C=O) groups is 1. The van der Waals surface area contributed by atoms with Crippen molar-refractivity contribution in [2.45, 2.75) is 70.7 Å². The van der Waals surface area contributed by atoms with Crippen molar-refractivity contribution >= 4 is 5.91 Å². The van der Waals surface area contributed by atoms with E-state index in [9.17, 15) is 31.9 Å². The average Bonchev–Trinajstić information content (AvgIpc) is 3.14. The maximum atomic E-state index is 14.2. The van der Waals surface area contributed by atoms with Crippen LogP contribution in [0.4, 0.5) is 22.0 Å². The third-order valence-electron chi connectivity index (χ3n) is 9.82. The fourth-order valence-corrected chi connectivity index (χ4v) is 6.88. The maximum Gasteiger partial charge on any atom is 0.257 e. The van der Waals surface area contributed by atoms with Gasteiger partial charge in [-0.3, -0.25) is 4.79 Å². The van der Waals surface area contributed by atoms with Gasteiger partial charge in [-0.05, 0) is 65.9 Å². The molecule has 1 amide bonds. The summed E-state index contributed by atoms with van der Waals surface area (Å²) in [6, 6.07) is 22.5. The normalized spacial score (nSPS) is 21.5. The zero-order valence-electron chi connectivity index (χ0n) is 28.3. The van der Waals surface area contributed by atoms with Gasteiger partial charge in [0.1, 0.15) is 5.56 Å². The molecule has 6 nitrogen and oxygen atoms in total. The highest BCUT2D eigenvalue weighted by molar-refractivity contribution is 5.94. The molecule has 270 valence electrons. The molecule has 2 aliphatic rings. The average molecular weight is 709 g/mol. The Hall–Kier alpha value is -4.16. The number of rotatable bonds is 9. The number of benzene rings is 4. The lowest BCUT2D eigenvalue weighted by atomic mass is 9.89. The fourth-order valence-electron chi connectivity index (χ4n) is 6.88. The molecule has 6 rings (SSSR count). The largest absolute Gasteiger partial charge is 0.392 e. The van der Waals surface area contributed by atoms with E-state index in [-0.39, 0.29) is 31.3 Å². The molecule has 0 aliphatic carbocycles. The Labute approximate surface area is 294 Å². The Morgan fingerprint density at radius 1 is 0.745 bits per heavy atom. The minimum Gasteiger partial charge on any atom is -0.392 e. The summed E-state index contributed by atoms with van der Waals surface area (Å²) in [4.78, 5) is 15.0. The van der Waals surface area contributed by atoms with Crippen LogP contribution in [0.25, 0.3) is 11.1 Å². The first-order valence-electron chi connectivity index (χ1n) is 17.4. The lowest BCUT2D eigenvalue weighted by Gasteiger charge is -2.43. The number of nitrogens with zero attached hydrogens (tertiary/aromatic N) is 1. The van der Waals surface area contributed by atoms with E-state index in [0.29, 0.717) is 5.56 Å². The molecule has 0 radical (unpaired) electrons. The molecule has 0 bridgehead atoms. The maximum absolute atomic E-state index is 14.2. The van der Waals surface area contributed by atoms with Gasteiger partial charge in [-0.1, -0.05) is 86.8 Å². The number of halogens is 5. The van der Waals surface area contributed by atoms with Crippen LogP contribution >= 0.6 is 0 Å². The van der Waals surface area contributed by atoms with Gasteiger partial charge in [-0.2, -0.15) is 0 Å². The molecule has 2 fully saturated rings. The first kappa shape index (κ1) is 36.6. The minimum absolute atomic E-state index is 0.0453. The van der Waals surface area contributed by atoms with Gasteiger partial charge in [0.05, 0.1) is 18.8 Å². The van der Waals surface area contributed by atoms with Gasteiger partial charge in [0, 0.05) is 24.6 Å². The highest BCUT2D eigenvalue weighted by Crippen LogP contribution is 2.42. The van der Waals surface area contributed by atoms with Gasteiger partial charge in [0.2, 0.25) is 5.82 Å². The summed E-state index contributed by atoms with van der Waals surface area (Å²) in [5.74, 6) is -12.5. The molecule has 4 aromatic rings. The van der Waals surface area contributed by atoms with E-state index in [4.69, 9.17) is 9.47 Å². The van der Waals surface area contributed by atoms with Gasteiger partial charge in [-0.15, -0.1) is 0 Å². The predicted octanol–water partition coefficient (Wildman–Crippen LogP) is 8.53. The number of carbonyl (C=O) groups excluding carboxylic acids is 1. The molecule has 4 aromatic carbocycles. The topological polar surface area (TPSA) is 71.0 Å². The van der Waals surface area contributed by atoms with Crippen LogP contribution in [0.15, 0.2) is 72.8 Å². The van der Waals surface area contributed by atoms with Crippen LogP contribution in [-0.4, -0.2) is 41.7 Å². The second-order valence-electron chi connectivity index (χ2n) is 13.3. The lowest BCUT2D eigenvalue weighted by molar-refractivity contribution is -0.276. The van der Waals surface area contributed by atoms with Crippen LogP contribution in [0.1, 0.15) is 84.0 Å². The lowest BCUT2D eigenvalue weighted by Crippen LogP contribution is -2.45. The number of amides is 1. The second kappa shape index (κ2) is 16.5. The Morgan fingerprint density at radius 2 is 1.35 bits per heavy atom. The Morgan fingerprint density at radius 3 is 2.02 bits per heavy atom. The number of hydrogen-bond donors (Lipinski definition) is 2. The number of likely N-dealkylation sites (tertiary alicyclic amines) is 1. The van der Waals surface area contributed by atoms with Crippen LogP contribution < -0.4 is 5.32 Å². The third kappa shape index (κ3) is 8.33. The van der Waals surface area contributed by atoms with Crippen LogP contribution in [0.5, 0.6) is 0 Å². The van der Waals surface area contributed by atoms with Crippen LogP contribution in [0.2, 0.25) is 0 Å². The van der Waals surface area contributed by atoms with Gasteiger partial charge < -0.3 is 24.8 Å². The molecule has 11 heteroatoms. The monoisotopic (exact) mass is 708 g/mol. The molecule has 0 spiro atoms. The standard InChI is InChI=1S/C40H41F5N2O4/c1-24-31(22-47-17-5-3-2-4-6-18-47)50-40(51-38(24)27-15-13-25(23-48)14-16-27)30-12-8-11-29(20-30)28-10-7-9-26(19-28)21-46-39(49)32-33(41)35(43)37(45)36(44)34(32)42/h7-16,19-20,24,31,38,40,48H,2-6,17-18,21-23H2,1H3,(H,46,49). The first-order chi connectivity index (χ1) is 24.6. The highest BCUT2D eigenvalue weighted by atomic mass is 19.2. The summed E-state index contributed by atoms with van der Waals surface area (Å²) in [6.45, 7) is 4.72. The first-order valence-corrected chi connectivity index (χ1v) is 17.4. The number of nitrogens with one attached hydrogen (secondary N) is 1. The van der Waals surface area contributed by atoms with Gasteiger partial charge in [0.25, 0.3) is 5.91 Å². The molecule has 0 saturated carbocycles. The van der Waals surface area contributed by atoms with Crippen molar-refractivity contribution in [3.8, 4) is 11.1 Å². The van der Waals surface area contributed by atoms with Gasteiger partial charge in [-0.25, -0.2) is 22.0 Å². The van der Waals surface area contributed by atoms with Crippen LogP contribution in [0, 0.1) is 35.0 Å². The molecule has 4 unspecified atom stereocenters. The molecule has 4 atom stereocenters. The third-order valence-corrected chi connectivity index (χ3v) is 9.82. The summed E-state index contributed by atoms with van der Waals surface area (Å²) in [5.41, 5.74) is 3.20. The zero-order valence-corrected chi connectivity index (χ0v) is 28.3. The summed E-state index contributed by atoms with van der Waals surface area (Å²) >= 11 is 0. The van der Waals surface area contributed by atoms with Crippen molar-refractivity contribution in [3.63, 3.8) is 0 Å². The van der Waals surface area contributed by atoms with E-state index in [1.165, 1.54) is 19.3 Å². The van der Waals surface area contributed by atoms with E-state index in [0.717, 1.165) is 60.3 Å². The molecule has 2 N–H and O–H groups in total. The molecule has 2 heterocycles. The van der Waals surface area contributed by atoms with Crippen molar-refractivity contribution in [3.05, 3.63) is 130 Å². The minimum atomic E-state index is -2.33. The number of hydrogen-bond acceptors (Lipinski definition) is 5. The van der Waals surface area contributed by atoms with E-state index in [1.54, 1.807) is 18.2 Å². The number of aliphatic hydroxyl groups is 1. The smallest absolute Gasteiger partial charge is 0.257 e. The summed E-state index contributed by atoms with van der Waals surface area (Å²) in [5, 5.41) is 11.9. The van der Waals surface area contributed by atoms with Crippen LogP contribution in [-0.2, 0) is 22.6 Å². The Kier molecular flexibility index (Phi) is 11.8. The highest BCUT2D eigenvalue weighted by Gasteiger charge is 2.39. The van der Waals surface area contributed by atoms with E-state index in [1.807, 2.05) is 54.6 Å². The quantitative estimate of drug-likeness (QED) is 0.104. The van der Waals surface area contributed by atoms with E-state index >= 15 is 0 Å². The van der Waals surface area contributed by atoms with Crippen molar-refractivity contribution in [1.29, 1.82) is 0 Å². The SMILES string of the molecule is CC1C(CN2CCCCCCC2)OC(c2cccc(-c3cccc(CNC(=O)c4c(F)c(F)c(F)c(F)c4F)c3)c2)OC1c1ccc(CO)cc1. The van der Waals surface area contributed by atoms with E-state index in [2.05, 4.69) is 17.1 Å². The molecule has 0 aromatic heterocycles. The second-order valence-corrected chi connectivity index (χ2v) is 13.3. The Balaban J connectivity index is 1.22. The van der Waals surface area contributed by atoms with Crippen molar-refractivity contribution in [1.82, 2.24) is 10.2 Å².